The molecule has 0 atom stereocenters. The Kier molecular flexibility index (Phi) is 4.06. The molecule has 5 aromatic rings. The molecule has 0 saturated carbocycles. The largest absolute Gasteiger partial charge is 0.353 e. The molecule has 1 amide bonds. The molecule has 2 N–H and O–H groups in total. The number of nitrogens with one attached hydrogen (secondary N) is 2. The molecule has 4 aromatic carbocycles. The average molecular weight is 378 g/mol. The number of carbonyl (C=O) groups is 1. The highest BCUT2D eigenvalue weighted by Crippen LogP contribution is 2.34. The topological polar surface area (TPSA) is 66.9 Å². The maximum Gasteiger partial charge on any atom is 0.221 e. The first-order chi connectivity index (χ1) is 14.2. The van der Waals surface area contributed by atoms with E-state index in [9.17, 15) is 4.79 Å². The molecule has 0 radical (unpaired) electrons. The number of para-hydroxylation sites is 4. The van der Waals surface area contributed by atoms with E-state index in [1.807, 2.05) is 66.7 Å². The Bertz CT molecular complexity index is 1390. The molecular formula is C24H18N4O. The number of carbonyl (C=O) groups excluding carboxylic acids is 1. The highest BCUT2D eigenvalue weighted by molar-refractivity contribution is 6.12. The van der Waals surface area contributed by atoms with Gasteiger partial charge in [-0.25, -0.2) is 9.97 Å². The fraction of sp³-hybridized carbons (Fsp3) is 0.0417. The second-order valence-corrected chi connectivity index (χ2v) is 6.90. The van der Waals surface area contributed by atoms with Crippen LogP contribution in [0.3, 0.4) is 0 Å². The molecule has 29 heavy (non-hydrogen) atoms. The molecule has 0 unspecified atom stereocenters. The zero-order chi connectivity index (χ0) is 19.8. The molecule has 0 bridgehead atoms. The maximum atomic E-state index is 11.6. The number of hydrogen-bond acceptors (Lipinski definition) is 4. The van der Waals surface area contributed by atoms with E-state index in [1.54, 1.807) is 0 Å². The van der Waals surface area contributed by atoms with Crippen LogP contribution in [0.2, 0.25) is 0 Å². The number of aromatic nitrogens is 2. The quantitative estimate of drug-likeness (QED) is 0.315. The van der Waals surface area contributed by atoms with E-state index in [-0.39, 0.29) is 5.91 Å². The molecule has 0 saturated heterocycles. The molecule has 0 aliphatic rings. The molecule has 5 heteroatoms. The van der Waals surface area contributed by atoms with Crippen molar-refractivity contribution in [1.82, 2.24) is 9.97 Å². The normalized spacial score (nSPS) is 11.1. The van der Waals surface area contributed by atoms with Crippen LogP contribution in [0.15, 0.2) is 78.9 Å². The van der Waals surface area contributed by atoms with E-state index >= 15 is 0 Å². The van der Waals surface area contributed by atoms with Crippen molar-refractivity contribution in [3.05, 3.63) is 78.9 Å². The van der Waals surface area contributed by atoms with Crippen molar-refractivity contribution in [3.8, 4) is 0 Å². The first-order valence-corrected chi connectivity index (χ1v) is 9.41. The summed E-state index contributed by atoms with van der Waals surface area (Å²) in [6, 6.07) is 25.7. The second-order valence-electron chi connectivity index (χ2n) is 6.90. The Hall–Kier alpha value is -3.99. The van der Waals surface area contributed by atoms with Crippen LogP contribution in [0.1, 0.15) is 6.92 Å². The first-order valence-electron chi connectivity index (χ1n) is 9.41. The SMILES string of the molecule is CC(=O)Nc1ccccc1Nc1cc2nc3ccccc3nc2c2ccccc12. The predicted octanol–water partition coefficient (Wildman–Crippen LogP) is 5.64. The number of hydrogen-bond donors (Lipinski definition) is 2. The summed E-state index contributed by atoms with van der Waals surface area (Å²) in [5, 5.41) is 8.43. The third kappa shape index (κ3) is 3.12. The molecule has 140 valence electrons. The van der Waals surface area contributed by atoms with Gasteiger partial charge in [-0.05, 0) is 30.3 Å². The van der Waals surface area contributed by atoms with E-state index in [1.165, 1.54) is 6.92 Å². The van der Waals surface area contributed by atoms with Crippen LogP contribution in [0.4, 0.5) is 17.1 Å². The average Bonchev–Trinajstić information content (AvgIpc) is 2.74. The number of anilines is 3. The number of nitrogens with zero attached hydrogens (tertiary/aromatic N) is 2. The Labute approximate surface area is 167 Å². The fourth-order valence-electron chi connectivity index (χ4n) is 3.59. The lowest BCUT2D eigenvalue weighted by atomic mass is 10.1. The highest BCUT2D eigenvalue weighted by atomic mass is 16.1. The number of rotatable bonds is 3. The van der Waals surface area contributed by atoms with Gasteiger partial charge in [0.15, 0.2) is 0 Å². The van der Waals surface area contributed by atoms with Crippen LogP contribution in [0.5, 0.6) is 0 Å². The monoisotopic (exact) mass is 378 g/mol. The van der Waals surface area contributed by atoms with Crippen molar-refractivity contribution in [3.63, 3.8) is 0 Å². The van der Waals surface area contributed by atoms with Crippen molar-refractivity contribution < 1.29 is 4.79 Å². The summed E-state index contributed by atoms with van der Waals surface area (Å²) in [5.74, 6) is -0.111. The third-order valence-corrected chi connectivity index (χ3v) is 4.86. The molecule has 1 aromatic heterocycles. The molecule has 0 aliphatic carbocycles. The minimum atomic E-state index is -0.111. The zero-order valence-corrected chi connectivity index (χ0v) is 15.8. The number of benzene rings is 4. The predicted molar refractivity (Wildman–Crippen MR) is 119 cm³/mol. The Morgan fingerprint density at radius 3 is 2.07 bits per heavy atom. The van der Waals surface area contributed by atoms with Gasteiger partial charge in [0.25, 0.3) is 0 Å². The van der Waals surface area contributed by atoms with Crippen LogP contribution < -0.4 is 10.6 Å². The Morgan fingerprint density at radius 1 is 0.690 bits per heavy atom. The van der Waals surface area contributed by atoms with Crippen molar-refractivity contribution in [2.75, 3.05) is 10.6 Å². The number of amides is 1. The number of fused-ring (bicyclic) bond motifs is 4. The van der Waals surface area contributed by atoms with E-state index in [0.717, 1.165) is 49.9 Å². The fourth-order valence-corrected chi connectivity index (χ4v) is 3.59. The van der Waals surface area contributed by atoms with Gasteiger partial charge in [0.05, 0.1) is 33.4 Å². The van der Waals surface area contributed by atoms with E-state index in [0.29, 0.717) is 0 Å². The summed E-state index contributed by atoms with van der Waals surface area (Å²) in [6.45, 7) is 1.50. The van der Waals surface area contributed by atoms with Crippen LogP contribution in [-0.4, -0.2) is 15.9 Å². The van der Waals surface area contributed by atoms with Gasteiger partial charge in [0, 0.05) is 23.4 Å². The second kappa shape index (κ2) is 6.87. The smallest absolute Gasteiger partial charge is 0.221 e. The van der Waals surface area contributed by atoms with Crippen LogP contribution in [0, 0.1) is 0 Å². The van der Waals surface area contributed by atoms with Gasteiger partial charge in [-0.3, -0.25) is 4.79 Å². The van der Waals surface area contributed by atoms with Gasteiger partial charge in [0.1, 0.15) is 0 Å². The van der Waals surface area contributed by atoms with Crippen LogP contribution in [0.25, 0.3) is 32.8 Å². The summed E-state index contributed by atoms with van der Waals surface area (Å²) in [5.41, 5.74) is 5.90. The van der Waals surface area contributed by atoms with Crippen molar-refractivity contribution >= 4 is 55.8 Å². The van der Waals surface area contributed by atoms with Gasteiger partial charge in [0.2, 0.25) is 5.91 Å². The molecule has 0 fully saturated rings. The van der Waals surface area contributed by atoms with Gasteiger partial charge in [-0.2, -0.15) is 0 Å². The molecule has 0 spiro atoms. The summed E-state index contributed by atoms with van der Waals surface area (Å²) < 4.78 is 0. The summed E-state index contributed by atoms with van der Waals surface area (Å²) in [6.07, 6.45) is 0. The first kappa shape index (κ1) is 17.1. The lowest BCUT2D eigenvalue weighted by Gasteiger charge is -2.15. The lowest BCUT2D eigenvalue weighted by Crippen LogP contribution is -2.08. The van der Waals surface area contributed by atoms with Crippen molar-refractivity contribution in [2.24, 2.45) is 0 Å². The zero-order valence-electron chi connectivity index (χ0n) is 15.8. The molecule has 1 heterocycles. The van der Waals surface area contributed by atoms with E-state index < -0.39 is 0 Å². The van der Waals surface area contributed by atoms with E-state index in [4.69, 9.17) is 9.97 Å². The van der Waals surface area contributed by atoms with Gasteiger partial charge in [-0.1, -0.05) is 48.5 Å². The van der Waals surface area contributed by atoms with Crippen LogP contribution in [-0.2, 0) is 4.79 Å². The van der Waals surface area contributed by atoms with Crippen LogP contribution >= 0.6 is 0 Å². The van der Waals surface area contributed by atoms with E-state index in [2.05, 4.69) is 22.8 Å². The summed E-state index contributed by atoms with van der Waals surface area (Å²) >= 11 is 0. The molecular weight excluding hydrogens is 360 g/mol. The molecule has 5 nitrogen and oxygen atoms in total. The van der Waals surface area contributed by atoms with Gasteiger partial charge >= 0.3 is 0 Å². The van der Waals surface area contributed by atoms with Gasteiger partial charge in [-0.15, -0.1) is 0 Å². The molecule has 0 aliphatic heterocycles. The third-order valence-electron chi connectivity index (χ3n) is 4.86. The lowest BCUT2D eigenvalue weighted by molar-refractivity contribution is -0.114. The molecule has 5 rings (SSSR count). The highest BCUT2D eigenvalue weighted by Gasteiger charge is 2.12. The summed E-state index contributed by atoms with van der Waals surface area (Å²) in [4.78, 5) is 21.3. The summed E-state index contributed by atoms with van der Waals surface area (Å²) in [7, 11) is 0. The van der Waals surface area contributed by atoms with Crippen molar-refractivity contribution in [1.29, 1.82) is 0 Å². The van der Waals surface area contributed by atoms with Gasteiger partial charge < -0.3 is 10.6 Å². The minimum absolute atomic E-state index is 0.111. The maximum absolute atomic E-state index is 11.6. The standard InChI is InChI=1S/C24H18N4O/c1-15(29)25-18-10-4-5-11-19(18)26-22-14-23-24(17-9-3-2-8-16(17)22)28-21-13-7-6-12-20(21)27-23/h2-14,26H,1H3,(H,25,29). The Morgan fingerprint density at radius 2 is 1.31 bits per heavy atom. The minimum Gasteiger partial charge on any atom is -0.353 e. The van der Waals surface area contributed by atoms with Crippen molar-refractivity contribution in [2.45, 2.75) is 6.92 Å². The Balaban J connectivity index is 1.73.